The van der Waals surface area contributed by atoms with Gasteiger partial charge in [0.25, 0.3) is 5.69 Å². The predicted molar refractivity (Wildman–Crippen MR) is 73.3 cm³/mol. The Morgan fingerprint density at radius 1 is 1.39 bits per heavy atom. The number of hydrogen-bond acceptors (Lipinski definition) is 5. The van der Waals surface area contributed by atoms with Crippen molar-refractivity contribution in [1.29, 1.82) is 0 Å². The van der Waals surface area contributed by atoms with Crippen LogP contribution in [0.3, 0.4) is 0 Å². The first kappa shape index (κ1) is 14.5. The van der Waals surface area contributed by atoms with E-state index in [-0.39, 0.29) is 16.8 Å². The number of hydrogen-bond donors (Lipinski definition) is 0. The van der Waals surface area contributed by atoms with Crippen LogP contribution < -0.4 is 0 Å². The molecule has 0 aliphatic heterocycles. The standard InChI is InChI=1S/C8H6BrNO3.C3H3NS/c9-5-8(11)6-1-3-7(4-2-6)10(12)13;1-2-5-3-4-1/h1-4H,5H2;1-3H. The number of halogens is 1. The van der Waals surface area contributed by atoms with E-state index in [0.717, 1.165) is 0 Å². The maximum atomic E-state index is 11.1. The first-order valence-corrected chi connectivity index (χ1v) is 6.87. The second-order valence-electron chi connectivity index (χ2n) is 3.04. The molecule has 18 heavy (non-hydrogen) atoms. The van der Waals surface area contributed by atoms with Crippen LogP contribution in [0.4, 0.5) is 5.69 Å². The Balaban J connectivity index is 0.000000269. The van der Waals surface area contributed by atoms with E-state index in [4.69, 9.17) is 0 Å². The van der Waals surface area contributed by atoms with Crippen molar-refractivity contribution in [1.82, 2.24) is 4.98 Å². The topological polar surface area (TPSA) is 73.1 Å². The Morgan fingerprint density at radius 3 is 2.39 bits per heavy atom. The predicted octanol–water partition coefficient (Wildman–Crippen LogP) is 3.32. The number of carbonyl (C=O) groups excluding carboxylic acids is 1. The van der Waals surface area contributed by atoms with Crippen LogP contribution in [-0.2, 0) is 0 Å². The smallest absolute Gasteiger partial charge is 0.269 e. The van der Waals surface area contributed by atoms with Crippen LogP contribution in [0.5, 0.6) is 0 Å². The average Bonchev–Trinajstić information content (AvgIpc) is 2.97. The Morgan fingerprint density at radius 2 is 2.06 bits per heavy atom. The molecule has 2 rings (SSSR count). The zero-order valence-corrected chi connectivity index (χ0v) is 11.6. The molecule has 0 atom stereocenters. The molecular formula is C11H9BrN2O3S. The number of ketones is 1. The van der Waals surface area contributed by atoms with Crippen molar-refractivity contribution in [3.8, 4) is 0 Å². The van der Waals surface area contributed by atoms with E-state index in [2.05, 4.69) is 20.9 Å². The van der Waals surface area contributed by atoms with E-state index in [1.54, 1.807) is 23.0 Å². The van der Waals surface area contributed by atoms with Crippen LogP contribution in [0.25, 0.3) is 0 Å². The first-order valence-electron chi connectivity index (χ1n) is 4.81. The number of Topliss-reactive ketones (excluding diaryl/α,β-unsaturated/α-hetero) is 1. The van der Waals surface area contributed by atoms with Crippen LogP contribution in [0.15, 0.2) is 41.4 Å². The molecule has 1 heterocycles. The zero-order chi connectivity index (χ0) is 13.4. The van der Waals surface area contributed by atoms with Crippen molar-refractivity contribution >= 4 is 38.7 Å². The molecule has 7 heteroatoms. The fourth-order valence-corrected chi connectivity index (χ4v) is 1.70. The molecule has 0 unspecified atom stereocenters. The lowest BCUT2D eigenvalue weighted by atomic mass is 10.1. The number of rotatable bonds is 3. The first-order chi connectivity index (χ1) is 8.65. The number of thiazole rings is 1. The zero-order valence-electron chi connectivity index (χ0n) is 9.15. The van der Waals surface area contributed by atoms with Gasteiger partial charge in [0.1, 0.15) is 0 Å². The Kier molecular flexibility index (Phi) is 6.16. The number of benzene rings is 1. The summed E-state index contributed by atoms with van der Waals surface area (Å²) >= 11 is 4.62. The molecule has 0 aliphatic carbocycles. The third kappa shape index (κ3) is 4.72. The van der Waals surface area contributed by atoms with Gasteiger partial charge >= 0.3 is 0 Å². The van der Waals surface area contributed by atoms with Crippen molar-refractivity contribution in [2.24, 2.45) is 0 Å². The van der Waals surface area contributed by atoms with Crippen LogP contribution in [0, 0.1) is 10.1 Å². The second-order valence-corrected chi connectivity index (χ2v) is 4.35. The highest BCUT2D eigenvalue weighted by molar-refractivity contribution is 9.09. The van der Waals surface area contributed by atoms with Gasteiger partial charge in [-0.1, -0.05) is 15.9 Å². The Bertz CT molecular complexity index is 482. The molecule has 1 aromatic carbocycles. The summed E-state index contributed by atoms with van der Waals surface area (Å²) in [5, 5.41) is 12.4. The molecule has 0 N–H and O–H groups in total. The van der Waals surface area contributed by atoms with Crippen LogP contribution >= 0.6 is 27.3 Å². The van der Waals surface area contributed by atoms with Crippen LogP contribution in [0.1, 0.15) is 10.4 Å². The summed E-state index contributed by atoms with van der Waals surface area (Å²) in [4.78, 5) is 24.6. The van der Waals surface area contributed by atoms with Gasteiger partial charge in [0, 0.05) is 29.3 Å². The third-order valence-corrected chi connectivity index (χ3v) is 2.90. The monoisotopic (exact) mass is 328 g/mol. The molecule has 0 amide bonds. The van der Waals surface area contributed by atoms with Gasteiger partial charge in [-0.15, -0.1) is 11.3 Å². The van der Waals surface area contributed by atoms with E-state index in [9.17, 15) is 14.9 Å². The molecular weight excluding hydrogens is 320 g/mol. The van der Waals surface area contributed by atoms with Crippen molar-refractivity contribution in [2.75, 3.05) is 5.33 Å². The van der Waals surface area contributed by atoms with E-state index >= 15 is 0 Å². The van der Waals surface area contributed by atoms with Crippen LogP contribution in [-0.4, -0.2) is 21.0 Å². The number of nitrogens with zero attached hydrogens (tertiary/aromatic N) is 2. The molecule has 0 fully saturated rings. The minimum Gasteiger partial charge on any atom is -0.293 e. The second kappa shape index (κ2) is 7.67. The van der Waals surface area contributed by atoms with E-state index < -0.39 is 4.92 Å². The number of carbonyl (C=O) groups is 1. The number of aromatic nitrogens is 1. The Labute approximate surface area is 116 Å². The van der Waals surface area contributed by atoms with Gasteiger partial charge in [0.2, 0.25) is 0 Å². The highest BCUT2D eigenvalue weighted by atomic mass is 79.9. The third-order valence-electron chi connectivity index (χ3n) is 1.87. The van der Waals surface area contributed by atoms with E-state index in [0.29, 0.717) is 5.56 Å². The molecule has 0 saturated carbocycles. The lowest BCUT2D eigenvalue weighted by Gasteiger charge is -1.95. The molecule has 0 bridgehead atoms. The fourth-order valence-electron chi connectivity index (χ4n) is 1.02. The van der Waals surface area contributed by atoms with Crippen molar-refractivity contribution in [3.05, 3.63) is 57.0 Å². The van der Waals surface area contributed by atoms with Gasteiger partial charge in [-0.25, -0.2) is 0 Å². The summed E-state index contributed by atoms with van der Waals surface area (Å²) in [5.41, 5.74) is 2.26. The Hall–Kier alpha value is -1.60. The number of alkyl halides is 1. The van der Waals surface area contributed by atoms with Gasteiger partial charge in [-0.3, -0.25) is 19.9 Å². The maximum Gasteiger partial charge on any atom is 0.269 e. The minimum atomic E-state index is -0.498. The molecule has 0 radical (unpaired) electrons. The largest absolute Gasteiger partial charge is 0.293 e. The van der Waals surface area contributed by atoms with Gasteiger partial charge < -0.3 is 0 Å². The molecule has 2 aromatic rings. The number of nitro groups is 1. The van der Waals surface area contributed by atoms with Crippen molar-refractivity contribution in [3.63, 3.8) is 0 Å². The summed E-state index contributed by atoms with van der Waals surface area (Å²) in [5.74, 6) is -0.0881. The highest BCUT2D eigenvalue weighted by Crippen LogP contribution is 2.12. The lowest BCUT2D eigenvalue weighted by Crippen LogP contribution is -1.99. The van der Waals surface area contributed by atoms with Gasteiger partial charge in [-0.2, -0.15) is 0 Å². The van der Waals surface area contributed by atoms with Crippen LogP contribution in [0.2, 0.25) is 0 Å². The van der Waals surface area contributed by atoms with Crippen molar-refractivity contribution in [2.45, 2.75) is 0 Å². The summed E-state index contributed by atoms with van der Waals surface area (Å²) in [7, 11) is 0. The normalized spacial score (nSPS) is 9.17. The van der Waals surface area contributed by atoms with Gasteiger partial charge in [0.15, 0.2) is 5.78 Å². The number of nitro benzene ring substituents is 1. The van der Waals surface area contributed by atoms with Crippen molar-refractivity contribution < 1.29 is 9.72 Å². The minimum absolute atomic E-state index is 0.00822. The summed E-state index contributed by atoms with van der Waals surface area (Å²) in [6, 6.07) is 5.52. The molecule has 0 saturated heterocycles. The van der Waals surface area contributed by atoms with E-state index in [1.165, 1.54) is 24.3 Å². The summed E-state index contributed by atoms with van der Waals surface area (Å²) < 4.78 is 0. The molecule has 5 nitrogen and oxygen atoms in total. The van der Waals surface area contributed by atoms with E-state index in [1.807, 2.05) is 5.38 Å². The highest BCUT2D eigenvalue weighted by Gasteiger charge is 2.07. The molecule has 0 spiro atoms. The lowest BCUT2D eigenvalue weighted by molar-refractivity contribution is -0.384. The summed E-state index contributed by atoms with van der Waals surface area (Å²) in [6.45, 7) is 0. The van der Waals surface area contributed by atoms with Gasteiger partial charge in [-0.05, 0) is 12.1 Å². The van der Waals surface area contributed by atoms with Gasteiger partial charge in [0.05, 0.1) is 15.8 Å². The quantitative estimate of drug-likeness (QED) is 0.375. The maximum absolute atomic E-state index is 11.1. The SMILES string of the molecule is O=C(CBr)c1ccc([N+](=O)[O-])cc1.c1cscn1. The number of non-ortho nitro benzene ring substituents is 1. The summed E-state index contributed by atoms with van der Waals surface area (Å²) in [6.07, 6.45) is 1.77. The molecule has 0 aliphatic rings. The fraction of sp³-hybridized carbons (Fsp3) is 0.0909. The molecule has 94 valence electrons. The average molecular weight is 329 g/mol. The molecule has 1 aromatic heterocycles.